The van der Waals surface area contributed by atoms with E-state index in [0.29, 0.717) is 16.9 Å². The van der Waals surface area contributed by atoms with Crippen LogP contribution in [0.15, 0.2) is 42.0 Å². The molecule has 2 aromatic carbocycles. The van der Waals surface area contributed by atoms with E-state index in [1.165, 1.54) is 6.08 Å². The maximum absolute atomic E-state index is 12.2. The monoisotopic (exact) mass is 266 g/mol. The predicted octanol–water partition coefficient (Wildman–Crippen LogP) is 2.55. The van der Waals surface area contributed by atoms with Gasteiger partial charge in [-0.15, -0.1) is 0 Å². The highest BCUT2D eigenvalue weighted by Crippen LogP contribution is 2.37. The van der Waals surface area contributed by atoms with Gasteiger partial charge >= 0.3 is 0 Å². The van der Waals surface area contributed by atoms with Crippen molar-refractivity contribution in [3.63, 3.8) is 0 Å². The fourth-order valence-corrected chi connectivity index (χ4v) is 2.62. The zero-order valence-electron chi connectivity index (χ0n) is 11.3. The fraction of sp³-hybridized carbons (Fsp3) is 0.125. The molecule has 1 aliphatic heterocycles. The van der Waals surface area contributed by atoms with Crippen LogP contribution in [0.1, 0.15) is 12.5 Å². The maximum atomic E-state index is 12.2. The van der Waals surface area contributed by atoms with Gasteiger partial charge in [-0.25, -0.2) is 4.90 Å². The van der Waals surface area contributed by atoms with Crippen LogP contribution in [-0.2, 0) is 9.59 Å². The first-order chi connectivity index (χ1) is 9.50. The molecule has 20 heavy (non-hydrogen) atoms. The van der Waals surface area contributed by atoms with Crippen LogP contribution in [0.25, 0.3) is 10.8 Å². The highest BCUT2D eigenvalue weighted by molar-refractivity contribution is 6.33. The van der Waals surface area contributed by atoms with Gasteiger partial charge in [-0.1, -0.05) is 24.3 Å². The molecule has 0 unspecified atom stereocenters. The fourth-order valence-electron chi connectivity index (χ4n) is 2.62. The van der Waals surface area contributed by atoms with Gasteiger partial charge < -0.3 is 5.73 Å². The molecular formula is C16H14N2O2. The Kier molecular flexibility index (Phi) is 2.61. The second-order valence-corrected chi connectivity index (χ2v) is 4.98. The van der Waals surface area contributed by atoms with Crippen LogP contribution in [0.3, 0.4) is 0 Å². The number of amides is 2. The lowest BCUT2D eigenvalue weighted by atomic mass is 10.0. The number of carbonyl (C=O) groups excluding carboxylic acids is 2. The highest BCUT2D eigenvalue weighted by atomic mass is 16.2. The Morgan fingerprint density at radius 3 is 2.30 bits per heavy atom. The summed E-state index contributed by atoms with van der Waals surface area (Å²) < 4.78 is 0. The van der Waals surface area contributed by atoms with E-state index in [4.69, 9.17) is 5.73 Å². The second kappa shape index (κ2) is 4.20. The molecule has 2 N–H and O–H groups in total. The number of benzene rings is 2. The molecule has 0 fully saturated rings. The number of fused-ring (bicyclic) bond motifs is 1. The predicted molar refractivity (Wildman–Crippen MR) is 79.3 cm³/mol. The maximum Gasteiger partial charge on any atom is 0.261 e. The Bertz CT molecular complexity index is 790. The minimum atomic E-state index is -0.340. The van der Waals surface area contributed by atoms with Crippen molar-refractivity contribution in [2.45, 2.75) is 13.8 Å². The number of nitrogen functional groups attached to an aromatic ring is 1. The third-order valence-electron chi connectivity index (χ3n) is 3.58. The van der Waals surface area contributed by atoms with Crippen molar-refractivity contribution < 1.29 is 9.59 Å². The van der Waals surface area contributed by atoms with Gasteiger partial charge in [0, 0.05) is 17.0 Å². The molecule has 1 aliphatic rings. The largest absolute Gasteiger partial charge is 0.397 e. The Balaban J connectivity index is 2.33. The lowest BCUT2D eigenvalue weighted by Gasteiger charge is -2.20. The van der Waals surface area contributed by atoms with E-state index in [0.717, 1.165) is 21.2 Å². The van der Waals surface area contributed by atoms with Crippen molar-refractivity contribution in [3.05, 3.63) is 47.5 Å². The van der Waals surface area contributed by atoms with E-state index < -0.39 is 0 Å². The van der Waals surface area contributed by atoms with E-state index >= 15 is 0 Å². The van der Waals surface area contributed by atoms with Crippen molar-refractivity contribution in [2.75, 3.05) is 10.6 Å². The van der Waals surface area contributed by atoms with Crippen molar-refractivity contribution >= 4 is 34.0 Å². The molecule has 2 amide bonds. The number of nitrogens with two attached hydrogens (primary N) is 1. The van der Waals surface area contributed by atoms with Gasteiger partial charge in [-0.3, -0.25) is 9.59 Å². The van der Waals surface area contributed by atoms with Gasteiger partial charge in [0.2, 0.25) is 0 Å². The first-order valence-corrected chi connectivity index (χ1v) is 6.35. The minimum absolute atomic E-state index is 0.310. The Morgan fingerprint density at radius 1 is 1.05 bits per heavy atom. The Labute approximate surface area is 116 Å². The topological polar surface area (TPSA) is 63.4 Å². The van der Waals surface area contributed by atoms with Crippen LogP contribution in [0, 0.1) is 6.92 Å². The van der Waals surface area contributed by atoms with Gasteiger partial charge in [0.25, 0.3) is 11.8 Å². The summed E-state index contributed by atoms with van der Waals surface area (Å²) in [5, 5.41) is 1.80. The summed E-state index contributed by atoms with van der Waals surface area (Å²) in [5.74, 6) is -0.649. The lowest BCUT2D eigenvalue weighted by molar-refractivity contribution is -0.120. The Morgan fingerprint density at radius 2 is 1.70 bits per heavy atom. The van der Waals surface area contributed by atoms with Crippen LogP contribution in [0.5, 0.6) is 0 Å². The number of nitrogens with zero attached hydrogens (tertiary/aromatic N) is 1. The number of anilines is 2. The summed E-state index contributed by atoms with van der Waals surface area (Å²) in [4.78, 5) is 25.4. The SMILES string of the molecule is CC1=CC(=O)N(c2c(N)cc(C)c3ccccc23)C1=O. The number of aryl methyl sites for hydroxylation is 1. The van der Waals surface area contributed by atoms with Crippen molar-refractivity contribution in [3.8, 4) is 0 Å². The summed E-state index contributed by atoms with van der Waals surface area (Å²) in [6, 6.07) is 9.43. The normalized spacial score (nSPS) is 15.1. The first kappa shape index (κ1) is 12.4. The van der Waals surface area contributed by atoms with Crippen LogP contribution in [0.2, 0.25) is 0 Å². The zero-order chi connectivity index (χ0) is 14.4. The summed E-state index contributed by atoms with van der Waals surface area (Å²) in [5.41, 5.74) is 8.43. The Hall–Kier alpha value is -2.62. The summed E-state index contributed by atoms with van der Waals surface area (Å²) in [6.45, 7) is 3.59. The quantitative estimate of drug-likeness (QED) is 0.637. The van der Waals surface area contributed by atoms with Gasteiger partial charge in [-0.05, 0) is 30.9 Å². The molecule has 0 aliphatic carbocycles. The average molecular weight is 266 g/mol. The van der Waals surface area contributed by atoms with E-state index in [1.54, 1.807) is 13.0 Å². The number of rotatable bonds is 1. The number of carbonyl (C=O) groups is 2. The lowest BCUT2D eigenvalue weighted by Crippen LogP contribution is -2.31. The van der Waals surface area contributed by atoms with Gasteiger partial charge in [-0.2, -0.15) is 0 Å². The van der Waals surface area contributed by atoms with Gasteiger partial charge in [0.05, 0.1) is 11.4 Å². The van der Waals surface area contributed by atoms with Crippen LogP contribution < -0.4 is 10.6 Å². The van der Waals surface area contributed by atoms with Crippen molar-refractivity contribution in [1.29, 1.82) is 0 Å². The molecule has 2 aromatic rings. The molecule has 0 saturated heterocycles. The van der Waals surface area contributed by atoms with E-state index in [1.807, 2.05) is 31.2 Å². The third-order valence-corrected chi connectivity index (χ3v) is 3.58. The molecule has 100 valence electrons. The first-order valence-electron chi connectivity index (χ1n) is 6.35. The van der Waals surface area contributed by atoms with E-state index in [-0.39, 0.29) is 11.8 Å². The summed E-state index contributed by atoms with van der Waals surface area (Å²) in [6.07, 6.45) is 1.34. The highest BCUT2D eigenvalue weighted by Gasteiger charge is 2.32. The molecule has 3 rings (SSSR count). The number of imide groups is 1. The number of hydrogen-bond donors (Lipinski definition) is 1. The molecule has 4 heteroatoms. The molecule has 0 bridgehead atoms. The van der Waals surface area contributed by atoms with Crippen LogP contribution in [-0.4, -0.2) is 11.8 Å². The van der Waals surface area contributed by atoms with Gasteiger partial charge in [0.15, 0.2) is 0 Å². The summed E-state index contributed by atoms with van der Waals surface area (Å²) >= 11 is 0. The van der Waals surface area contributed by atoms with E-state index in [9.17, 15) is 9.59 Å². The summed E-state index contributed by atoms with van der Waals surface area (Å²) in [7, 11) is 0. The standard InChI is InChI=1S/C16H14N2O2/c1-9-7-13(17)15(12-6-4-3-5-11(9)12)18-14(19)8-10(2)16(18)20/h3-8H,17H2,1-2H3. The second-order valence-electron chi connectivity index (χ2n) is 4.98. The smallest absolute Gasteiger partial charge is 0.261 e. The van der Waals surface area contributed by atoms with Crippen LogP contribution >= 0.6 is 0 Å². The minimum Gasteiger partial charge on any atom is -0.397 e. The molecular weight excluding hydrogens is 252 g/mol. The molecule has 0 spiro atoms. The molecule has 0 atom stereocenters. The molecule has 4 nitrogen and oxygen atoms in total. The van der Waals surface area contributed by atoms with Crippen molar-refractivity contribution in [2.24, 2.45) is 0 Å². The van der Waals surface area contributed by atoms with E-state index in [2.05, 4.69) is 0 Å². The number of hydrogen-bond acceptors (Lipinski definition) is 3. The van der Waals surface area contributed by atoms with Crippen LogP contribution in [0.4, 0.5) is 11.4 Å². The average Bonchev–Trinajstić information content (AvgIpc) is 2.65. The molecule has 0 radical (unpaired) electrons. The van der Waals surface area contributed by atoms with Crippen molar-refractivity contribution in [1.82, 2.24) is 0 Å². The zero-order valence-corrected chi connectivity index (χ0v) is 11.3. The third kappa shape index (κ3) is 1.61. The van der Waals surface area contributed by atoms with Gasteiger partial charge in [0.1, 0.15) is 0 Å². The molecule has 0 aromatic heterocycles. The molecule has 1 heterocycles. The molecule has 0 saturated carbocycles.